The van der Waals surface area contributed by atoms with Crippen molar-refractivity contribution < 1.29 is 19.1 Å². The highest BCUT2D eigenvalue weighted by molar-refractivity contribution is 6.36. The van der Waals surface area contributed by atoms with Crippen molar-refractivity contribution in [2.45, 2.75) is 0 Å². The van der Waals surface area contributed by atoms with Crippen molar-refractivity contribution in [2.24, 2.45) is 0 Å². The van der Waals surface area contributed by atoms with Crippen LogP contribution in [-0.4, -0.2) is 40.4 Å². The van der Waals surface area contributed by atoms with Crippen LogP contribution in [0, 0.1) is 0 Å². The number of ether oxygens (including phenoxy) is 2. The monoisotopic (exact) mass is 496 g/mol. The zero-order valence-corrected chi connectivity index (χ0v) is 19.4. The maximum absolute atomic E-state index is 12.9. The van der Waals surface area contributed by atoms with Crippen molar-refractivity contribution in [3.8, 4) is 22.7 Å². The summed E-state index contributed by atoms with van der Waals surface area (Å²) in [6.07, 6.45) is 2.90. The third-order valence-electron chi connectivity index (χ3n) is 4.72. The van der Waals surface area contributed by atoms with Crippen LogP contribution in [0.2, 0.25) is 10.0 Å². The molecule has 2 aromatic heterocycles. The van der Waals surface area contributed by atoms with Crippen LogP contribution in [0.25, 0.3) is 16.9 Å². The molecule has 0 radical (unpaired) electrons. The Balaban J connectivity index is 1.55. The molecule has 0 spiro atoms. The Hall–Kier alpha value is -3.88. The van der Waals surface area contributed by atoms with Gasteiger partial charge in [-0.1, -0.05) is 41.4 Å². The highest BCUT2D eigenvalue weighted by atomic mass is 35.5. The minimum Gasteiger partial charge on any atom is -0.497 e. The molecule has 8 nitrogen and oxygen atoms in total. The molecule has 2 aromatic carbocycles. The van der Waals surface area contributed by atoms with Crippen molar-refractivity contribution >= 4 is 40.9 Å². The number of nitrogens with one attached hydrogen (secondary N) is 1. The Morgan fingerprint density at radius 3 is 2.47 bits per heavy atom. The Morgan fingerprint density at radius 1 is 1.06 bits per heavy atom. The van der Waals surface area contributed by atoms with Crippen LogP contribution in [-0.2, 0) is 9.53 Å². The van der Waals surface area contributed by atoms with E-state index >= 15 is 0 Å². The average Bonchev–Trinajstić information content (AvgIpc) is 3.30. The standard InChI is InChI=1S/C24H18Cl2N4O4/c1-33-18-9-7-15(8-10-18)22-19(13-30(29-22)17-5-3-2-4-6-17)24(32)34-14-21(31)28-23-20(26)11-16(25)12-27-23/h2-13H,14H2,1H3,(H,27,28,31). The number of amides is 1. The van der Waals surface area contributed by atoms with Crippen molar-refractivity contribution in [1.29, 1.82) is 0 Å². The van der Waals surface area contributed by atoms with E-state index in [1.807, 2.05) is 30.3 Å². The molecule has 2 heterocycles. The molecule has 0 fully saturated rings. The van der Waals surface area contributed by atoms with Gasteiger partial charge in [0, 0.05) is 18.0 Å². The van der Waals surface area contributed by atoms with E-state index in [0.29, 0.717) is 22.0 Å². The van der Waals surface area contributed by atoms with E-state index in [0.717, 1.165) is 5.69 Å². The molecule has 1 amide bonds. The Bertz CT molecular complexity index is 1320. The first-order valence-corrected chi connectivity index (χ1v) is 10.8. The van der Waals surface area contributed by atoms with Gasteiger partial charge in [0.05, 0.1) is 22.8 Å². The second-order valence-corrected chi connectivity index (χ2v) is 7.85. The van der Waals surface area contributed by atoms with E-state index in [9.17, 15) is 9.59 Å². The minimum atomic E-state index is -0.710. The number of methoxy groups -OCH3 is 1. The van der Waals surface area contributed by atoms with Gasteiger partial charge in [-0.15, -0.1) is 0 Å². The molecule has 0 atom stereocenters. The predicted molar refractivity (Wildman–Crippen MR) is 129 cm³/mol. The summed E-state index contributed by atoms with van der Waals surface area (Å²) in [5.41, 5.74) is 2.05. The number of halogens is 2. The summed E-state index contributed by atoms with van der Waals surface area (Å²) in [5.74, 6) is -0.533. The van der Waals surface area contributed by atoms with Gasteiger partial charge in [-0.05, 0) is 42.5 Å². The molecule has 0 saturated heterocycles. The molecule has 0 aliphatic rings. The maximum atomic E-state index is 12.9. The van der Waals surface area contributed by atoms with Gasteiger partial charge >= 0.3 is 5.97 Å². The number of aromatic nitrogens is 3. The molecular weight excluding hydrogens is 479 g/mol. The van der Waals surface area contributed by atoms with Gasteiger partial charge in [-0.2, -0.15) is 5.10 Å². The van der Waals surface area contributed by atoms with Crippen molar-refractivity contribution in [2.75, 3.05) is 19.0 Å². The van der Waals surface area contributed by atoms with E-state index in [4.69, 9.17) is 32.7 Å². The molecule has 0 unspecified atom stereocenters. The first-order chi connectivity index (χ1) is 16.4. The molecule has 4 aromatic rings. The molecule has 172 valence electrons. The van der Waals surface area contributed by atoms with Gasteiger partial charge in [-0.3, -0.25) is 4.79 Å². The quantitative estimate of drug-likeness (QED) is 0.360. The summed E-state index contributed by atoms with van der Waals surface area (Å²) in [5, 5.41) is 7.55. The highest BCUT2D eigenvalue weighted by Gasteiger charge is 2.21. The van der Waals surface area contributed by atoms with Crippen LogP contribution < -0.4 is 10.1 Å². The molecular formula is C24H18Cl2N4O4. The summed E-state index contributed by atoms with van der Waals surface area (Å²) >= 11 is 11.8. The number of carbonyl (C=O) groups excluding carboxylic acids is 2. The molecule has 1 N–H and O–H groups in total. The number of benzene rings is 2. The number of hydrogen-bond donors (Lipinski definition) is 1. The number of nitrogens with zero attached hydrogens (tertiary/aromatic N) is 3. The zero-order valence-electron chi connectivity index (χ0n) is 17.9. The van der Waals surface area contributed by atoms with Gasteiger partial charge < -0.3 is 14.8 Å². The lowest BCUT2D eigenvalue weighted by Crippen LogP contribution is -2.21. The van der Waals surface area contributed by atoms with Gasteiger partial charge in [0.25, 0.3) is 5.91 Å². The van der Waals surface area contributed by atoms with E-state index < -0.39 is 18.5 Å². The first kappa shape index (κ1) is 23.3. The lowest BCUT2D eigenvalue weighted by Gasteiger charge is -2.08. The van der Waals surface area contributed by atoms with E-state index in [-0.39, 0.29) is 16.4 Å². The van der Waals surface area contributed by atoms with Gasteiger partial charge in [-0.25, -0.2) is 14.5 Å². The SMILES string of the molecule is COc1ccc(-c2nn(-c3ccccc3)cc2C(=O)OCC(=O)Nc2ncc(Cl)cc2Cl)cc1. The van der Waals surface area contributed by atoms with E-state index in [2.05, 4.69) is 15.4 Å². The topological polar surface area (TPSA) is 95.3 Å². The van der Waals surface area contributed by atoms with Crippen LogP contribution >= 0.6 is 23.2 Å². The molecule has 0 bridgehead atoms. The molecule has 0 aliphatic carbocycles. The lowest BCUT2D eigenvalue weighted by atomic mass is 10.1. The highest BCUT2D eigenvalue weighted by Crippen LogP contribution is 2.27. The number of rotatable bonds is 7. The normalized spacial score (nSPS) is 10.6. The summed E-state index contributed by atoms with van der Waals surface area (Å²) in [6.45, 7) is -0.544. The molecule has 4 rings (SSSR count). The van der Waals surface area contributed by atoms with Gasteiger partial charge in [0.15, 0.2) is 12.4 Å². The third-order valence-corrected chi connectivity index (χ3v) is 5.21. The number of anilines is 1. The molecule has 0 saturated carbocycles. The van der Waals surface area contributed by atoms with Crippen molar-refractivity contribution in [3.63, 3.8) is 0 Å². The lowest BCUT2D eigenvalue weighted by molar-refractivity contribution is -0.119. The van der Waals surface area contributed by atoms with E-state index in [1.54, 1.807) is 42.3 Å². The number of carbonyl (C=O) groups is 2. The van der Waals surface area contributed by atoms with Crippen LogP contribution in [0.4, 0.5) is 5.82 Å². The minimum absolute atomic E-state index is 0.114. The zero-order chi connectivity index (χ0) is 24.1. The fourth-order valence-corrected chi connectivity index (χ4v) is 3.51. The fraction of sp³-hybridized carbons (Fsp3) is 0.0833. The summed E-state index contributed by atoms with van der Waals surface area (Å²) in [6, 6.07) is 17.9. The number of esters is 1. The summed E-state index contributed by atoms with van der Waals surface area (Å²) in [7, 11) is 1.57. The number of hydrogen-bond acceptors (Lipinski definition) is 6. The molecule has 34 heavy (non-hydrogen) atoms. The van der Waals surface area contributed by atoms with Crippen molar-refractivity contribution in [1.82, 2.24) is 14.8 Å². The van der Waals surface area contributed by atoms with Crippen LogP contribution in [0.3, 0.4) is 0 Å². The van der Waals surface area contributed by atoms with Crippen LogP contribution in [0.5, 0.6) is 5.75 Å². The van der Waals surface area contributed by atoms with Crippen molar-refractivity contribution in [3.05, 3.63) is 88.7 Å². The second kappa shape index (κ2) is 10.4. The molecule has 0 aliphatic heterocycles. The predicted octanol–water partition coefficient (Wildman–Crippen LogP) is 5.05. The smallest absolute Gasteiger partial charge is 0.342 e. The summed E-state index contributed by atoms with van der Waals surface area (Å²) < 4.78 is 12.0. The molecule has 10 heteroatoms. The third kappa shape index (κ3) is 5.36. The Labute approximate surface area is 205 Å². The van der Waals surface area contributed by atoms with Gasteiger partial charge in [0.1, 0.15) is 17.0 Å². The van der Waals surface area contributed by atoms with Gasteiger partial charge in [0.2, 0.25) is 0 Å². The number of para-hydroxylation sites is 1. The fourth-order valence-electron chi connectivity index (χ4n) is 3.08. The maximum Gasteiger partial charge on any atom is 0.342 e. The Morgan fingerprint density at radius 2 is 1.79 bits per heavy atom. The largest absolute Gasteiger partial charge is 0.497 e. The first-order valence-electron chi connectivity index (χ1n) is 10.0. The second-order valence-electron chi connectivity index (χ2n) is 7.01. The van der Waals surface area contributed by atoms with E-state index in [1.165, 1.54) is 12.3 Å². The Kier molecular flexibility index (Phi) is 7.10. The van der Waals surface area contributed by atoms with Crippen LogP contribution in [0.1, 0.15) is 10.4 Å². The van der Waals surface area contributed by atoms with Crippen LogP contribution in [0.15, 0.2) is 73.1 Å². The summed E-state index contributed by atoms with van der Waals surface area (Å²) in [4.78, 5) is 29.2. The number of pyridine rings is 1. The average molecular weight is 497 g/mol.